The Kier molecular flexibility index (Phi) is 6.45. The lowest BCUT2D eigenvalue weighted by molar-refractivity contribution is 0.0730. The van der Waals surface area contributed by atoms with Gasteiger partial charge in [0.2, 0.25) is 15.9 Å². The van der Waals surface area contributed by atoms with Crippen LogP contribution in [0.3, 0.4) is 0 Å². The summed E-state index contributed by atoms with van der Waals surface area (Å²) in [4.78, 5) is 23.8. The van der Waals surface area contributed by atoms with E-state index >= 15 is 0 Å². The molecule has 1 aliphatic rings. The molecular weight excluding hydrogens is 441 g/mol. The highest BCUT2D eigenvalue weighted by Crippen LogP contribution is 2.31. The van der Waals surface area contributed by atoms with Crippen LogP contribution in [0.2, 0.25) is 10.0 Å². The monoisotopic (exact) mass is 457 g/mol. The largest absolute Gasteiger partial charge is 0.379 e. The van der Waals surface area contributed by atoms with E-state index in [2.05, 4.69) is 5.32 Å². The fraction of sp³-hybridized carbons (Fsp3) is 0.222. The third-order valence-corrected chi connectivity index (χ3v) is 6.94. The molecule has 29 heavy (non-hydrogen) atoms. The van der Waals surface area contributed by atoms with E-state index in [4.69, 9.17) is 33.7 Å². The van der Waals surface area contributed by atoms with Crippen molar-refractivity contribution in [1.82, 2.24) is 4.31 Å². The van der Waals surface area contributed by atoms with E-state index in [1.165, 1.54) is 22.5 Å². The van der Waals surface area contributed by atoms with Crippen molar-refractivity contribution in [1.29, 1.82) is 0 Å². The van der Waals surface area contributed by atoms with Gasteiger partial charge >= 0.3 is 0 Å². The number of amides is 2. The molecule has 8 nitrogen and oxygen atoms in total. The first-order chi connectivity index (χ1) is 13.7. The van der Waals surface area contributed by atoms with Crippen molar-refractivity contribution in [2.75, 3.05) is 31.6 Å². The van der Waals surface area contributed by atoms with Gasteiger partial charge < -0.3 is 15.8 Å². The van der Waals surface area contributed by atoms with E-state index in [0.29, 0.717) is 5.69 Å². The minimum absolute atomic E-state index is 0.0144. The van der Waals surface area contributed by atoms with E-state index < -0.39 is 21.8 Å². The highest BCUT2D eigenvalue weighted by atomic mass is 35.5. The van der Waals surface area contributed by atoms with Crippen LogP contribution < -0.4 is 11.1 Å². The number of ether oxygens (including phenoxy) is 1. The van der Waals surface area contributed by atoms with E-state index in [0.717, 1.165) is 6.07 Å². The lowest BCUT2D eigenvalue weighted by atomic mass is 10.1. The number of primary amides is 1. The highest BCUT2D eigenvalue weighted by Gasteiger charge is 2.30. The van der Waals surface area contributed by atoms with Gasteiger partial charge in [-0.25, -0.2) is 8.42 Å². The van der Waals surface area contributed by atoms with Gasteiger partial charge in [-0.05, 0) is 30.3 Å². The van der Waals surface area contributed by atoms with Crippen molar-refractivity contribution >= 4 is 50.7 Å². The molecule has 0 aliphatic carbocycles. The van der Waals surface area contributed by atoms with Gasteiger partial charge in [-0.1, -0.05) is 29.3 Å². The van der Waals surface area contributed by atoms with Crippen LogP contribution in [-0.2, 0) is 14.8 Å². The Hall–Kier alpha value is -2.17. The number of hydrogen-bond acceptors (Lipinski definition) is 5. The van der Waals surface area contributed by atoms with Gasteiger partial charge in [0.15, 0.2) is 0 Å². The molecule has 1 saturated heterocycles. The van der Waals surface area contributed by atoms with E-state index in [9.17, 15) is 18.0 Å². The number of morpholine rings is 1. The average molecular weight is 458 g/mol. The molecule has 2 aromatic carbocycles. The highest BCUT2D eigenvalue weighted by molar-refractivity contribution is 7.89. The summed E-state index contributed by atoms with van der Waals surface area (Å²) in [5, 5.41) is 2.47. The summed E-state index contributed by atoms with van der Waals surface area (Å²) in [6.45, 7) is 0.910. The maximum atomic E-state index is 12.9. The zero-order valence-electron chi connectivity index (χ0n) is 15.0. The minimum atomic E-state index is -3.93. The zero-order chi connectivity index (χ0) is 21.2. The summed E-state index contributed by atoms with van der Waals surface area (Å²) < 4.78 is 32.3. The molecule has 0 bridgehead atoms. The van der Waals surface area contributed by atoms with Crippen LogP contribution in [0.4, 0.5) is 5.69 Å². The second kappa shape index (κ2) is 8.68. The molecule has 0 radical (unpaired) electrons. The van der Waals surface area contributed by atoms with Crippen molar-refractivity contribution < 1.29 is 22.7 Å². The Morgan fingerprint density at radius 3 is 2.41 bits per heavy atom. The Labute approximate surface area is 177 Å². The number of rotatable bonds is 5. The third-order valence-electron chi connectivity index (χ3n) is 4.26. The third kappa shape index (κ3) is 4.71. The molecule has 1 fully saturated rings. The summed E-state index contributed by atoms with van der Waals surface area (Å²) in [5.41, 5.74) is 5.67. The first kappa shape index (κ1) is 21.5. The molecule has 0 unspecified atom stereocenters. The Bertz CT molecular complexity index is 1070. The number of sulfonamides is 1. The molecule has 1 aliphatic heterocycles. The lowest BCUT2D eigenvalue weighted by Crippen LogP contribution is -2.40. The van der Waals surface area contributed by atoms with Crippen molar-refractivity contribution in [3.63, 3.8) is 0 Å². The van der Waals surface area contributed by atoms with Gasteiger partial charge in [-0.3, -0.25) is 9.59 Å². The molecule has 0 spiro atoms. The summed E-state index contributed by atoms with van der Waals surface area (Å²) in [6, 6.07) is 8.36. The minimum Gasteiger partial charge on any atom is -0.379 e. The van der Waals surface area contributed by atoms with Crippen molar-refractivity contribution in [3.8, 4) is 0 Å². The van der Waals surface area contributed by atoms with Crippen molar-refractivity contribution in [3.05, 3.63) is 57.6 Å². The number of nitrogens with two attached hydrogens (primary N) is 1. The molecule has 0 atom stereocenters. The molecule has 11 heteroatoms. The first-order valence-electron chi connectivity index (χ1n) is 8.48. The number of carbonyl (C=O) groups excluding carboxylic acids is 2. The molecule has 2 aromatic rings. The predicted molar refractivity (Wildman–Crippen MR) is 109 cm³/mol. The molecular formula is C18H17Cl2N3O5S. The lowest BCUT2D eigenvalue weighted by Gasteiger charge is -2.26. The van der Waals surface area contributed by atoms with Crippen molar-refractivity contribution in [2.45, 2.75) is 4.90 Å². The number of halogens is 2. The van der Waals surface area contributed by atoms with Crippen LogP contribution in [0.1, 0.15) is 20.7 Å². The normalized spacial score (nSPS) is 15.1. The van der Waals surface area contributed by atoms with Crippen LogP contribution in [0.5, 0.6) is 0 Å². The number of benzene rings is 2. The molecule has 3 N–H and O–H groups in total. The van der Waals surface area contributed by atoms with Gasteiger partial charge in [0, 0.05) is 24.3 Å². The van der Waals surface area contributed by atoms with Crippen LogP contribution in [0.25, 0.3) is 0 Å². The van der Waals surface area contributed by atoms with Crippen molar-refractivity contribution in [2.24, 2.45) is 5.73 Å². The average Bonchev–Trinajstić information content (AvgIpc) is 2.68. The summed E-state index contributed by atoms with van der Waals surface area (Å²) in [7, 11) is -3.93. The Morgan fingerprint density at radius 1 is 1.07 bits per heavy atom. The van der Waals surface area contributed by atoms with Crippen LogP contribution in [0.15, 0.2) is 41.3 Å². The standard InChI is InChI=1S/C18H17Cl2N3O5S/c19-14-10-15(20)16(29(26,27)23-4-6-28-7-5-23)9-13(14)18(25)22-12-3-1-2-11(8-12)17(21)24/h1-3,8-10H,4-7H2,(H2,21,24)(H,22,25). The Balaban J connectivity index is 1.93. The van der Waals surface area contributed by atoms with E-state index in [1.807, 2.05) is 0 Å². The topological polar surface area (TPSA) is 119 Å². The predicted octanol–water partition coefficient (Wildman–Crippen LogP) is 2.37. The molecule has 0 saturated carbocycles. The van der Waals surface area contributed by atoms with Gasteiger partial charge in [-0.15, -0.1) is 0 Å². The van der Waals surface area contributed by atoms with E-state index in [1.54, 1.807) is 12.1 Å². The Morgan fingerprint density at radius 2 is 1.76 bits per heavy atom. The number of anilines is 1. The SMILES string of the molecule is NC(=O)c1cccc(NC(=O)c2cc(S(=O)(=O)N3CCOCC3)c(Cl)cc2Cl)c1. The summed E-state index contributed by atoms with van der Waals surface area (Å²) >= 11 is 12.3. The maximum absolute atomic E-state index is 12.9. The fourth-order valence-corrected chi connectivity index (χ4v) is 5.02. The van der Waals surface area contributed by atoms with E-state index in [-0.39, 0.29) is 52.4 Å². The van der Waals surface area contributed by atoms with Gasteiger partial charge in [-0.2, -0.15) is 4.31 Å². The fourth-order valence-electron chi connectivity index (χ4n) is 2.78. The van der Waals surface area contributed by atoms with Gasteiger partial charge in [0.05, 0.1) is 28.8 Å². The molecule has 1 heterocycles. The summed E-state index contributed by atoms with van der Waals surface area (Å²) in [6.07, 6.45) is 0. The number of hydrogen-bond donors (Lipinski definition) is 2. The van der Waals surface area contributed by atoms with Gasteiger partial charge in [0.25, 0.3) is 5.91 Å². The number of nitrogens with one attached hydrogen (secondary N) is 1. The molecule has 0 aromatic heterocycles. The second-order valence-electron chi connectivity index (χ2n) is 6.18. The maximum Gasteiger partial charge on any atom is 0.257 e. The summed E-state index contributed by atoms with van der Waals surface area (Å²) in [5.74, 6) is -1.31. The van der Waals surface area contributed by atoms with Crippen LogP contribution in [0, 0.1) is 0 Å². The van der Waals surface area contributed by atoms with Gasteiger partial charge in [0.1, 0.15) is 4.90 Å². The quantitative estimate of drug-likeness (QED) is 0.713. The molecule has 154 valence electrons. The smallest absolute Gasteiger partial charge is 0.257 e. The molecule has 2 amide bonds. The first-order valence-corrected chi connectivity index (χ1v) is 10.7. The zero-order valence-corrected chi connectivity index (χ0v) is 17.4. The second-order valence-corrected chi connectivity index (χ2v) is 8.90. The number of nitrogens with zero attached hydrogens (tertiary/aromatic N) is 1. The number of carbonyl (C=O) groups is 2. The molecule has 3 rings (SSSR count). The van der Waals surface area contributed by atoms with Crippen LogP contribution >= 0.6 is 23.2 Å². The van der Waals surface area contributed by atoms with Crippen LogP contribution in [-0.4, -0.2) is 50.8 Å².